The molecule has 0 radical (unpaired) electrons. The van der Waals surface area contributed by atoms with Gasteiger partial charge >= 0.3 is 7.82 Å². The maximum absolute atomic E-state index is 12.4. The molecule has 0 saturated carbocycles. The minimum atomic E-state index is -4.27. The summed E-state index contributed by atoms with van der Waals surface area (Å²) in [6.07, 6.45) is 20.3. The lowest BCUT2D eigenvalue weighted by Crippen LogP contribution is -2.24. The first-order valence-corrected chi connectivity index (χ1v) is 17.8. The first-order chi connectivity index (χ1) is 19.4. The molecule has 0 saturated heterocycles. The van der Waals surface area contributed by atoms with Crippen LogP contribution in [0, 0.1) is 0 Å². The molecule has 2 unspecified atom stereocenters. The van der Waals surface area contributed by atoms with Crippen molar-refractivity contribution in [1.29, 1.82) is 0 Å². The van der Waals surface area contributed by atoms with E-state index in [0.29, 0.717) is 19.0 Å². The summed E-state index contributed by atoms with van der Waals surface area (Å²) in [5.74, 6) is 1.23. The fraction of sp³-hybridized carbons (Fsp3) is 0.742. The van der Waals surface area contributed by atoms with E-state index < -0.39 is 13.9 Å². The van der Waals surface area contributed by atoms with Crippen molar-refractivity contribution in [3.8, 4) is 5.75 Å². The third kappa shape index (κ3) is 17.1. The molecule has 1 aliphatic heterocycles. The Morgan fingerprint density at radius 3 is 2.00 bits per heavy atom. The lowest BCUT2D eigenvalue weighted by molar-refractivity contribution is -0.0197. The summed E-state index contributed by atoms with van der Waals surface area (Å²) in [6, 6.07) is 7.17. The van der Waals surface area contributed by atoms with Crippen LogP contribution in [0.25, 0.3) is 0 Å². The van der Waals surface area contributed by atoms with E-state index in [-0.39, 0.29) is 6.61 Å². The predicted octanol–water partition coefficient (Wildman–Crippen LogP) is 9.06. The average molecular weight is 600 g/mol. The summed E-state index contributed by atoms with van der Waals surface area (Å²) < 4.78 is 33.9. The number of allylic oxidation sites excluding steroid dienone is 1. The zero-order valence-corrected chi connectivity index (χ0v) is 26.9. The first kappa shape index (κ1) is 35.2. The molecule has 9 heteroatoms. The Morgan fingerprint density at radius 2 is 1.48 bits per heavy atom. The van der Waals surface area contributed by atoms with Crippen molar-refractivity contribution in [2.75, 3.05) is 32.8 Å². The second-order valence-corrected chi connectivity index (χ2v) is 13.4. The van der Waals surface area contributed by atoms with Crippen LogP contribution in [-0.2, 0) is 25.1 Å². The van der Waals surface area contributed by atoms with Crippen molar-refractivity contribution in [2.45, 2.75) is 116 Å². The van der Waals surface area contributed by atoms with Crippen LogP contribution in [0.5, 0.6) is 5.75 Å². The largest absolute Gasteiger partial charge is 0.527 e. The molecule has 1 N–H and O–H groups in total. The van der Waals surface area contributed by atoms with Gasteiger partial charge in [-0.2, -0.15) is 0 Å². The SMILES string of the molecule is CCCCCCCCCCCCCCCCOCC(COP(=O)(O)Oc1ccc(CN2C=C(C)SC2)cc1)OC. The topological polar surface area (TPSA) is 77.5 Å². The van der Waals surface area contributed by atoms with Crippen LogP contribution in [0.15, 0.2) is 35.4 Å². The van der Waals surface area contributed by atoms with Crippen LogP contribution < -0.4 is 4.52 Å². The summed E-state index contributed by atoms with van der Waals surface area (Å²) >= 11 is 1.82. The van der Waals surface area contributed by atoms with Gasteiger partial charge in [0, 0.05) is 26.5 Å². The van der Waals surface area contributed by atoms with Gasteiger partial charge in [0.2, 0.25) is 0 Å². The van der Waals surface area contributed by atoms with Crippen molar-refractivity contribution >= 4 is 19.6 Å². The Bertz CT molecular complexity index is 853. The molecule has 0 spiro atoms. The lowest BCUT2D eigenvalue weighted by atomic mass is 10.0. The van der Waals surface area contributed by atoms with Crippen LogP contribution >= 0.6 is 19.6 Å². The van der Waals surface area contributed by atoms with E-state index in [4.69, 9.17) is 18.5 Å². The summed E-state index contributed by atoms with van der Waals surface area (Å²) in [5, 5.41) is 0. The van der Waals surface area contributed by atoms with E-state index in [0.717, 1.165) is 30.8 Å². The van der Waals surface area contributed by atoms with Crippen LogP contribution in [0.3, 0.4) is 0 Å². The van der Waals surface area contributed by atoms with Crippen molar-refractivity contribution in [2.24, 2.45) is 0 Å². The smallest absolute Gasteiger partial charge is 0.404 e. The van der Waals surface area contributed by atoms with Gasteiger partial charge in [-0.05, 0) is 35.9 Å². The molecule has 0 fully saturated rings. The molecule has 1 heterocycles. The molecular formula is C31H54NO6PS. The third-order valence-corrected chi connectivity index (χ3v) is 8.99. The second kappa shape index (κ2) is 21.6. The number of phosphoric acid groups is 1. The van der Waals surface area contributed by atoms with Gasteiger partial charge in [0.15, 0.2) is 0 Å². The highest BCUT2D eigenvalue weighted by atomic mass is 32.2. The van der Waals surface area contributed by atoms with Crippen LogP contribution in [0.1, 0.15) is 109 Å². The fourth-order valence-corrected chi connectivity index (χ4v) is 6.19. The van der Waals surface area contributed by atoms with Crippen molar-refractivity contribution in [3.63, 3.8) is 0 Å². The maximum atomic E-state index is 12.4. The van der Waals surface area contributed by atoms with Gasteiger partial charge in [-0.15, -0.1) is 11.8 Å². The van der Waals surface area contributed by atoms with Crippen LogP contribution in [-0.4, -0.2) is 48.7 Å². The number of hydrogen-bond donors (Lipinski definition) is 1. The zero-order valence-electron chi connectivity index (χ0n) is 25.2. The molecule has 1 aromatic rings. The van der Waals surface area contributed by atoms with E-state index in [1.165, 1.54) is 82.0 Å². The monoisotopic (exact) mass is 599 g/mol. The quantitative estimate of drug-likeness (QED) is 0.0881. The van der Waals surface area contributed by atoms with Crippen molar-refractivity contribution in [1.82, 2.24) is 4.90 Å². The number of thioether (sulfide) groups is 1. The number of nitrogens with zero attached hydrogens (tertiary/aromatic N) is 1. The summed E-state index contributed by atoms with van der Waals surface area (Å²) in [5.41, 5.74) is 1.10. The number of benzene rings is 1. The molecule has 2 rings (SSSR count). The van der Waals surface area contributed by atoms with Gasteiger partial charge in [-0.3, -0.25) is 9.42 Å². The zero-order chi connectivity index (χ0) is 28.9. The average Bonchev–Trinajstić information content (AvgIpc) is 3.35. The number of rotatable bonds is 25. The summed E-state index contributed by atoms with van der Waals surface area (Å²) in [4.78, 5) is 13.7. The van der Waals surface area contributed by atoms with Crippen molar-refractivity contribution < 1.29 is 28.0 Å². The number of unbranched alkanes of at least 4 members (excludes halogenated alkanes) is 13. The minimum absolute atomic E-state index is 0.0839. The number of ether oxygens (including phenoxy) is 2. The van der Waals surface area contributed by atoms with Gasteiger partial charge in [0.1, 0.15) is 11.9 Å². The molecule has 0 amide bonds. The van der Waals surface area contributed by atoms with E-state index in [9.17, 15) is 9.46 Å². The highest BCUT2D eigenvalue weighted by Crippen LogP contribution is 2.44. The fourth-order valence-electron chi connectivity index (χ4n) is 4.63. The molecule has 0 aromatic heterocycles. The molecule has 2 atom stereocenters. The third-order valence-electron chi connectivity index (χ3n) is 7.06. The summed E-state index contributed by atoms with van der Waals surface area (Å²) in [6.45, 7) is 6.04. The lowest BCUT2D eigenvalue weighted by Gasteiger charge is -2.19. The van der Waals surface area contributed by atoms with Gasteiger partial charge in [0.25, 0.3) is 0 Å². The standard InChI is InChI=1S/C31H54NO6PS/c1-4-5-6-7-8-9-10-11-12-13-14-15-16-17-22-36-25-31(35-3)26-37-39(33,34)38-30-20-18-29(19-21-30)24-32-23-28(2)40-27-32/h18-21,23,31H,4-17,22,24-27H2,1-3H3,(H,33,34). The molecule has 7 nitrogen and oxygen atoms in total. The summed E-state index contributed by atoms with van der Waals surface area (Å²) in [7, 11) is -2.73. The molecule has 0 aliphatic carbocycles. The molecule has 0 bridgehead atoms. The van der Waals surface area contributed by atoms with E-state index >= 15 is 0 Å². The Labute approximate surface area is 248 Å². The van der Waals surface area contributed by atoms with Gasteiger partial charge in [0.05, 0.1) is 19.1 Å². The van der Waals surface area contributed by atoms with Crippen LogP contribution in [0.4, 0.5) is 0 Å². The van der Waals surface area contributed by atoms with Gasteiger partial charge in [-0.1, -0.05) is 103 Å². The Balaban J connectivity index is 1.47. The molecule has 1 aromatic carbocycles. The normalized spacial score (nSPS) is 15.7. The van der Waals surface area contributed by atoms with E-state index in [2.05, 4.69) is 24.9 Å². The molecular weight excluding hydrogens is 545 g/mol. The Morgan fingerprint density at radius 1 is 0.900 bits per heavy atom. The maximum Gasteiger partial charge on any atom is 0.527 e. The highest BCUT2D eigenvalue weighted by Gasteiger charge is 2.25. The van der Waals surface area contributed by atoms with E-state index in [1.807, 2.05) is 23.9 Å². The number of phosphoric ester groups is 1. The highest BCUT2D eigenvalue weighted by molar-refractivity contribution is 8.03. The second-order valence-electron chi connectivity index (χ2n) is 10.8. The van der Waals surface area contributed by atoms with E-state index in [1.54, 1.807) is 19.2 Å². The first-order valence-electron chi connectivity index (χ1n) is 15.3. The van der Waals surface area contributed by atoms with Gasteiger partial charge in [-0.25, -0.2) is 4.57 Å². The minimum Gasteiger partial charge on any atom is -0.404 e. The predicted molar refractivity (Wildman–Crippen MR) is 167 cm³/mol. The molecule has 1 aliphatic rings. The molecule has 230 valence electrons. The Kier molecular flexibility index (Phi) is 19.0. The Hall–Kier alpha value is -1.02. The molecule has 40 heavy (non-hydrogen) atoms. The number of methoxy groups -OCH3 is 1. The van der Waals surface area contributed by atoms with Gasteiger partial charge < -0.3 is 18.9 Å². The van der Waals surface area contributed by atoms with Crippen molar-refractivity contribution in [3.05, 3.63) is 40.9 Å². The van der Waals surface area contributed by atoms with Crippen LogP contribution in [0.2, 0.25) is 0 Å². The number of hydrogen-bond acceptors (Lipinski definition) is 7.